The molecule has 0 aromatic carbocycles. The molecule has 5 heteroatoms. The number of nitrogens with zero attached hydrogens (tertiary/aromatic N) is 2. The van der Waals surface area contributed by atoms with Crippen molar-refractivity contribution in [1.82, 2.24) is 9.78 Å². The molecule has 0 radical (unpaired) electrons. The summed E-state index contributed by atoms with van der Waals surface area (Å²) in [6, 6.07) is -0.0284. The van der Waals surface area contributed by atoms with Crippen molar-refractivity contribution in [2.75, 3.05) is 6.26 Å². The Balaban J connectivity index is 3.06. The van der Waals surface area contributed by atoms with E-state index in [-0.39, 0.29) is 10.8 Å². The van der Waals surface area contributed by atoms with Crippen molar-refractivity contribution in [1.29, 1.82) is 0 Å². The molecule has 14 heavy (non-hydrogen) atoms. The molecular weight excluding hydrogens is 262 g/mol. The van der Waals surface area contributed by atoms with Crippen LogP contribution in [0.4, 0.5) is 0 Å². The van der Waals surface area contributed by atoms with Crippen molar-refractivity contribution in [2.24, 2.45) is 12.8 Å². The van der Waals surface area contributed by atoms with Gasteiger partial charge >= 0.3 is 0 Å². The Morgan fingerprint density at radius 2 is 2.21 bits per heavy atom. The van der Waals surface area contributed by atoms with Gasteiger partial charge in [-0.3, -0.25) is 4.68 Å². The first kappa shape index (κ1) is 12.1. The van der Waals surface area contributed by atoms with Crippen molar-refractivity contribution >= 4 is 27.7 Å². The summed E-state index contributed by atoms with van der Waals surface area (Å²) < 4.78 is 2.82. The molecule has 3 nitrogen and oxygen atoms in total. The standard InChI is InChI=1S/C9H16BrN3S/c1-9(2,14-4)8(11)7-6(10)5-12-13(7)3/h5,8H,11H2,1-4H3. The fourth-order valence-corrected chi connectivity index (χ4v) is 2.19. The molecule has 1 heterocycles. The molecular formula is C9H16BrN3S. The minimum Gasteiger partial charge on any atom is -0.322 e. The second-order valence-corrected chi connectivity index (χ2v) is 6.10. The van der Waals surface area contributed by atoms with Gasteiger partial charge in [0.1, 0.15) is 0 Å². The quantitative estimate of drug-likeness (QED) is 0.922. The molecule has 2 N–H and O–H groups in total. The van der Waals surface area contributed by atoms with E-state index in [9.17, 15) is 0 Å². The van der Waals surface area contributed by atoms with Gasteiger partial charge in [0, 0.05) is 11.8 Å². The molecule has 0 aliphatic heterocycles. The van der Waals surface area contributed by atoms with E-state index in [1.165, 1.54) is 0 Å². The number of aromatic nitrogens is 2. The lowest BCUT2D eigenvalue weighted by atomic mass is 10.0. The third kappa shape index (κ3) is 2.15. The van der Waals surface area contributed by atoms with Crippen LogP contribution in [-0.4, -0.2) is 20.8 Å². The van der Waals surface area contributed by atoms with Crippen LogP contribution in [0.25, 0.3) is 0 Å². The summed E-state index contributed by atoms with van der Waals surface area (Å²) in [4.78, 5) is 0. The number of aryl methyl sites for hydroxylation is 1. The summed E-state index contributed by atoms with van der Waals surface area (Å²) in [7, 11) is 1.91. The normalized spacial score (nSPS) is 14.4. The van der Waals surface area contributed by atoms with Gasteiger partial charge in [0.05, 0.1) is 22.4 Å². The topological polar surface area (TPSA) is 43.8 Å². The zero-order valence-electron chi connectivity index (χ0n) is 8.91. The molecule has 0 saturated heterocycles. The first-order chi connectivity index (χ1) is 6.40. The van der Waals surface area contributed by atoms with Crippen molar-refractivity contribution < 1.29 is 0 Å². The number of halogens is 1. The van der Waals surface area contributed by atoms with Crippen LogP contribution in [0.2, 0.25) is 0 Å². The second-order valence-electron chi connectivity index (χ2n) is 3.79. The molecule has 0 bridgehead atoms. The van der Waals surface area contributed by atoms with Crippen LogP contribution < -0.4 is 5.73 Å². The van der Waals surface area contributed by atoms with E-state index >= 15 is 0 Å². The molecule has 1 aromatic rings. The van der Waals surface area contributed by atoms with Gasteiger partial charge in [0.25, 0.3) is 0 Å². The zero-order valence-corrected chi connectivity index (χ0v) is 11.3. The Hall–Kier alpha value is 0. The van der Waals surface area contributed by atoms with Crippen molar-refractivity contribution in [3.05, 3.63) is 16.4 Å². The first-order valence-electron chi connectivity index (χ1n) is 4.38. The molecule has 1 rings (SSSR count). The van der Waals surface area contributed by atoms with Gasteiger partial charge < -0.3 is 5.73 Å². The lowest BCUT2D eigenvalue weighted by molar-refractivity contribution is 0.519. The maximum Gasteiger partial charge on any atom is 0.0704 e. The first-order valence-corrected chi connectivity index (χ1v) is 6.40. The van der Waals surface area contributed by atoms with E-state index in [1.807, 2.05) is 11.7 Å². The third-order valence-corrected chi connectivity index (χ3v) is 4.42. The smallest absolute Gasteiger partial charge is 0.0704 e. The van der Waals surface area contributed by atoms with Gasteiger partial charge in [0.2, 0.25) is 0 Å². The molecule has 0 spiro atoms. The molecule has 80 valence electrons. The van der Waals surface area contributed by atoms with E-state index in [0.717, 1.165) is 10.2 Å². The fourth-order valence-electron chi connectivity index (χ4n) is 1.23. The van der Waals surface area contributed by atoms with Gasteiger partial charge in [-0.25, -0.2) is 0 Å². The summed E-state index contributed by atoms with van der Waals surface area (Å²) >= 11 is 5.23. The van der Waals surface area contributed by atoms with Crippen LogP contribution in [0.3, 0.4) is 0 Å². The maximum absolute atomic E-state index is 6.22. The van der Waals surface area contributed by atoms with Crippen molar-refractivity contribution in [3.63, 3.8) is 0 Å². The number of rotatable bonds is 3. The van der Waals surface area contributed by atoms with E-state index in [1.54, 1.807) is 18.0 Å². The van der Waals surface area contributed by atoms with Crippen molar-refractivity contribution in [2.45, 2.75) is 24.6 Å². The van der Waals surface area contributed by atoms with Crippen LogP contribution >= 0.6 is 27.7 Å². The highest BCUT2D eigenvalue weighted by molar-refractivity contribution is 9.10. The van der Waals surface area contributed by atoms with Gasteiger partial charge in [-0.15, -0.1) is 0 Å². The number of nitrogens with two attached hydrogens (primary N) is 1. The molecule has 0 saturated carbocycles. The zero-order chi connectivity index (χ0) is 10.9. The molecule has 0 aliphatic rings. The Morgan fingerprint density at radius 3 is 2.57 bits per heavy atom. The average molecular weight is 278 g/mol. The minimum absolute atomic E-state index is 0.0102. The van der Waals surface area contributed by atoms with Gasteiger partial charge in [-0.1, -0.05) is 0 Å². The van der Waals surface area contributed by atoms with Crippen LogP contribution in [0.5, 0.6) is 0 Å². The lowest BCUT2D eigenvalue weighted by Crippen LogP contribution is -2.33. The monoisotopic (exact) mass is 277 g/mol. The van der Waals surface area contributed by atoms with Gasteiger partial charge in [0.15, 0.2) is 0 Å². The van der Waals surface area contributed by atoms with Crippen molar-refractivity contribution in [3.8, 4) is 0 Å². The molecule has 1 aromatic heterocycles. The number of hydrogen-bond acceptors (Lipinski definition) is 3. The maximum atomic E-state index is 6.22. The van der Waals surface area contributed by atoms with Crippen LogP contribution in [0.1, 0.15) is 25.6 Å². The molecule has 1 unspecified atom stereocenters. The van der Waals surface area contributed by atoms with Gasteiger partial charge in [-0.05, 0) is 36.0 Å². The van der Waals surface area contributed by atoms with E-state index in [4.69, 9.17) is 5.73 Å². The van der Waals surface area contributed by atoms with Gasteiger partial charge in [-0.2, -0.15) is 16.9 Å². The molecule has 1 atom stereocenters. The molecule has 0 amide bonds. The van der Waals surface area contributed by atoms with Crippen LogP contribution in [-0.2, 0) is 7.05 Å². The Kier molecular flexibility index (Phi) is 3.66. The van der Waals surface area contributed by atoms with Crippen LogP contribution in [0.15, 0.2) is 10.7 Å². The van der Waals surface area contributed by atoms with Crippen LogP contribution in [0, 0.1) is 0 Å². The minimum atomic E-state index is -0.0284. The number of thioether (sulfide) groups is 1. The summed E-state index contributed by atoms with van der Waals surface area (Å²) in [5, 5.41) is 4.17. The van der Waals surface area contributed by atoms with E-state index in [2.05, 4.69) is 41.1 Å². The highest BCUT2D eigenvalue weighted by atomic mass is 79.9. The second kappa shape index (κ2) is 4.24. The predicted molar refractivity (Wildman–Crippen MR) is 65.4 cm³/mol. The summed E-state index contributed by atoms with van der Waals surface area (Å²) in [5.41, 5.74) is 7.26. The molecule has 0 fully saturated rings. The Morgan fingerprint density at radius 1 is 1.64 bits per heavy atom. The largest absolute Gasteiger partial charge is 0.322 e. The summed E-state index contributed by atoms with van der Waals surface area (Å²) in [6.45, 7) is 4.28. The predicted octanol–water partition coefficient (Wildman–Crippen LogP) is 2.32. The summed E-state index contributed by atoms with van der Waals surface area (Å²) in [5.74, 6) is 0. The fraction of sp³-hybridized carbons (Fsp3) is 0.667. The number of hydrogen-bond donors (Lipinski definition) is 1. The molecule has 0 aliphatic carbocycles. The lowest BCUT2D eigenvalue weighted by Gasteiger charge is -2.29. The van der Waals surface area contributed by atoms with E-state index < -0.39 is 0 Å². The van der Waals surface area contributed by atoms with E-state index in [0.29, 0.717) is 0 Å². The Labute approximate surface area is 97.6 Å². The summed E-state index contributed by atoms with van der Waals surface area (Å²) in [6.07, 6.45) is 3.86. The average Bonchev–Trinajstić information content (AvgIpc) is 2.45. The highest BCUT2D eigenvalue weighted by Crippen LogP contribution is 2.36. The Bertz CT molecular complexity index is 302. The third-order valence-electron chi connectivity index (χ3n) is 2.51. The SMILES string of the molecule is CSC(C)(C)C(N)c1c(Br)cnn1C. The highest BCUT2D eigenvalue weighted by Gasteiger charge is 2.30.